The molecule has 2 nitrogen and oxygen atoms in total. The molecule has 0 saturated heterocycles. The van der Waals surface area contributed by atoms with Crippen LogP contribution in [0.1, 0.15) is 54.0 Å². The Balaban J connectivity index is 1.14. The number of allylic oxidation sites excluding steroid dienone is 3. The zero-order chi connectivity index (χ0) is 33.2. The molecule has 0 spiro atoms. The lowest BCUT2D eigenvalue weighted by molar-refractivity contribution is 0.532. The van der Waals surface area contributed by atoms with E-state index in [0.717, 1.165) is 37.0 Å². The summed E-state index contributed by atoms with van der Waals surface area (Å²) in [4.78, 5) is 5.40. The van der Waals surface area contributed by atoms with Crippen molar-refractivity contribution < 1.29 is 0 Å². The van der Waals surface area contributed by atoms with E-state index in [9.17, 15) is 0 Å². The standard InChI is InChI=1S/C48H38N2/c1-31-19-20-33-28-34(22-21-32(33)27-31)35-23-24-37-30-38(26-25-36(37)29-35)46-40-13-5-7-15-42(40)47(43-16-8-6-14-41(43)46)48-49-44-17-9-10-18-45(44)50(48)39-11-3-2-4-12-39/h3,5-11,13-24,27-30,39H,2,4,12,25-26H2,1H3. The molecule has 0 fully saturated rings. The summed E-state index contributed by atoms with van der Waals surface area (Å²) in [6, 6.07) is 47.7. The van der Waals surface area contributed by atoms with Crippen LogP contribution in [0.3, 0.4) is 0 Å². The third-order valence-corrected chi connectivity index (χ3v) is 11.1. The number of fused-ring (bicyclic) bond motifs is 5. The molecule has 0 saturated carbocycles. The number of aryl methyl sites for hydroxylation is 2. The third-order valence-electron chi connectivity index (χ3n) is 11.1. The zero-order valence-electron chi connectivity index (χ0n) is 28.4. The van der Waals surface area contributed by atoms with Gasteiger partial charge in [-0.2, -0.15) is 0 Å². The molecule has 8 aromatic rings. The van der Waals surface area contributed by atoms with Crippen LogP contribution in [-0.4, -0.2) is 9.55 Å². The molecule has 0 aliphatic heterocycles. The number of hydrogen-bond acceptors (Lipinski definition) is 1. The number of imidazole rings is 1. The van der Waals surface area contributed by atoms with Crippen molar-refractivity contribution >= 4 is 55.0 Å². The Morgan fingerprint density at radius 2 is 1.32 bits per heavy atom. The summed E-state index contributed by atoms with van der Waals surface area (Å²) in [5.74, 6) is 1.07. The molecule has 240 valence electrons. The molecule has 50 heavy (non-hydrogen) atoms. The maximum Gasteiger partial charge on any atom is 0.142 e. The summed E-state index contributed by atoms with van der Waals surface area (Å²) in [6.45, 7) is 2.16. The topological polar surface area (TPSA) is 17.8 Å². The van der Waals surface area contributed by atoms with Crippen LogP contribution in [0.2, 0.25) is 0 Å². The molecular weight excluding hydrogens is 605 g/mol. The van der Waals surface area contributed by atoms with E-state index in [-0.39, 0.29) is 0 Å². The molecule has 10 rings (SSSR count). The molecule has 1 unspecified atom stereocenters. The fourth-order valence-corrected chi connectivity index (χ4v) is 8.70. The van der Waals surface area contributed by atoms with Crippen molar-refractivity contribution in [3.05, 3.63) is 162 Å². The second kappa shape index (κ2) is 11.7. The predicted octanol–water partition coefficient (Wildman–Crippen LogP) is 12.9. The van der Waals surface area contributed by atoms with E-state index in [2.05, 4.69) is 157 Å². The first kappa shape index (κ1) is 29.2. The average Bonchev–Trinajstić information content (AvgIpc) is 3.55. The van der Waals surface area contributed by atoms with Crippen LogP contribution in [0.5, 0.6) is 0 Å². The SMILES string of the molecule is Cc1ccc2cc(-c3ccc4c(c3)CCC(c3c5ccccc5c(-c5nc6ccccc6n5C5C=CCCC5)c5ccccc35)=C4)ccc2c1. The maximum absolute atomic E-state index is 5.40. The van der Waals surface area contributed by atoms with E-state index in [1.807, 2.05) is 0 Å². The van der Waals surface area contributed by atoms with Crippen LogP contribution < -0.4 is 0 Å². The lowest BCUT2D eigenvalue weighted by Crippen LogP contribution is -2.11. The van der Waals surface area contributed by atoms with Gasteiger partial charge in [0, 0.05) is 5.56 Å². The number of para-hydroxylation sites is 2. The van der Waals surface area contributed by atoms with Crippen molar-refractivity contribution in [3.63, 3.8) is 0 Å². The van der Waals surface area contributed by atoms with Crippen LogP contribution in [0.25, 0.3) is 77.5 Å². The van der Waals surface area contributed by atoms with E-state index >= 15 is 0 Å². The molecule has 0 N–H and O–H groups in total. The van der Waals surface area contributed by atoms with Crippen LogP contribution in [0, 0.1) is 6.92 Å². The van der Waals surface area contributed by atoms with E-state index in [4.69, 9.17) is 4.98 Å². The number of aromatic nitrogens is 2. The molecule has 1 atom stereocenters. The van der Waals surface area contributed by atoms with E-state index in [0.29, 0.717) is 6.04 Å². The zero-order valence-corrected chi connectivity index (χ0v) is 28.4. The normalized spacial score (nSPS) is 15.9. The van der Waals surface area contributed by atoms with Gasteiger partial charge in [0.25, 0.3) is 0 Å². The van der Waals surface area contributed by atoms with Crippen molar-refractivity contribution in [1.29, 1.82) is 0 Å². The van der Waals surface area contributed by atoms with Gasteiger partial charge in [-0.1, -0.05) is 133 Å². The Kier molecular flexibility index (Phi) is 6.84. The minimum absolute atomic E-state index is 0.296. The fraction of sp³-hybridized carbons (Fsp3) is 0.146. The van der Waals surface area contributed by atoms with Crippen molar-refractivity contribution in [3.8, 4) is 22.5 Å². The molecule has 2 aliphatic carbocycles. The van der Waals surface area contributed by atoms with Crippen molar-refractivity contribution in [2.75, 3.05) is 0 Å². The Hall–Kier alpha value is -5.73. The lowest BCUT2D eigenvalue weighted by atomic mass is 9.82. The summed E-state index contributed by atoms with van der Waals surface area (Å²) >= 11 is 0. The number of benzene rings is 7. The van der Waals surface area contributed by atoms with Gasteiger partial charge in [0.1, 0.15) is 5.82 Å². The second-order valence-corrected chi connectivity index (χ2v) is 14.2. The quantitative estimate of drug-likeness (QED) is 0.138. The minimum Gasteiger partial charge on any atom is -0.317 e. The first-order valence-electron chi connectivity index (χ1n) is 18.1. The second-order valence-electron chi connectivity index (χ2n) is 14.2. The van der Waals surface area contributed by atoms with E-state index < -0.39 is 0 Å². The monoisotopic (exact) mass is 642 g/mol. The van der Waals surface area contributed by atoms with Gasteiger partial charge in [-0.3, -0.25) is 0 Å². The fourth-order valence-electron chi connectivity index (χ4n) is 8.70. The van der Waals surface area contributed by atoms with Gasteiger partial charge in [0.2, 0.25) is 0 Å². The first-order valence-corrected chi connectivity index (χ1v) is 18.1. The summed E-state index contributed by atoms with van der Waals surface area (Å²) in [6.07, 6.45) is 12.7. The van der Waals surface area contributed by atoms with Crippen molar-refractivity contribution in [1.82, 2.24) is 9.55 Å². The highest BCUT2D eigenvalue weighted by Gasteiger charge is 2.25. The van der Waals surface area contributed by atoms with Crippen LogP contribution in [0.15, 0.2) is 140 Å². The maximum atomic E-state index is 5.40. The first-order chi connectivity index (χ1) is 24.7. The molecule has 7 aromatic carbocycles. The molecule has 0 radical (unpaired) electrons. The molecule has 0 bridgehead atoms. The van der Waals surface area contributed by atoms with Crippen LogP contribution in [-0.2, 0) is 6.42 Å². The summed E-state index contributed by atoms with van der Waals surface area (Å²) in [7, 11) is 0. The van der Waals surface area contributed by atoms with Gasteiger partial charge >= 0.3 is 0 Å². The lowest BCUT2D eigenvalue weighted by Gasteiger charge is -2.25. The van der Waals surface area contributed by atoms with Crippen LogP contribution >= 0.6 is 0 Å². The number of hydrogen-bond donors (Lipinski definition) is 0. The van der Waals surface area contributed by atoms with E-state index in [1.54, 1.807) is 0 Å². The average molecular weight is 643 g/mol. The van der Waals surface area contributed by atoms with Gasteiger partial charge < -0.3 is 4.57 Å². The predicted molar refractivity (Wildman–Crippen MR) is 213 cm³/mol. The molecule has 2 heteroatoms. The molecule has 1 aromatic heterocycles. The Morgan fingerprint density at radius 1 is 0.640 bits per heavy atom. The van der Waals surface area contributed by atoms with Gasteiger partial charge in [0.05, 0.1) is 17.1 Å². The van der Waals surface area contributed by atoms with E-state index in [1.165, 1.54) is 88.8 Å². The summed E-state index contributed by atoms with van der Waals surface area (Å²) < 4.78 is 2.52. The highest BCUT2D eigenvalue weighted by Crippen LogP contribution is 2.46. The van der Waals surface area contributed by atoms with Gasteiger partial charge in [-0.05, 0) is 123 Å². The van der Waals surface area contributed by atoms with Gasteiger partial charge in [-0.25, -0.2) is 4.98 Å². The molecule has 0 amide bonds. The Bertz CT molecular complexity index is 2650. The van der Waals surface area contributed by atoms with Crippen LogP contribution in [0.4, 0.5) is 0 Å². The summed E-state index contributed by atoms with van der Waals surface area (Å²) in [5, 5.41) is 7.74. The number of rotatable bonds is 4. The highest BCUT2D eigenvalue weighted by molar-refractivity contribution is 6.19. The highest BCUT2D eigenvalue weighted by atomic mass is 15.1. The number of nitrogens with zero attached hydrogens (tertiary/aromatic N) is 2. The smallest absolute Gasteiger partial charge is 0.142 e. The van der Waals surface area contributed by atoms with Gasteiger partial charge in [0.15, 0.2) is 0 Å². The van der Waals surface area contributed by atoms with Gasteiger partial charge in [-0.15, -0.1) is 0 Å². The molecule has 1 heterocycles. The Labute approximate surface area is 293 Å². The van der Waals surface area contributed by atoms with Crippen molar-refractivity contribution in [2.24, 2.45) is 0 Å². The largest absolute Gasteiger partial charge is 0.317 e. The minimum atomic E-state index is 0.296. The third kappa shape index (κ3) is 4.74. The summed E-state index contributed by atoms with van der Waals surface area (Å²) in [5.41, 5.74) is 12.9. The Morgan fingerprint density at radius 3 is 2.10 bits per heavy atom. The van der Waals surface area contributed by atoms with Crippen molar-refractivity contribution in [2.45, 2.75) is 45.1 Å². The molecule has 2 aliphatic rings. The molecular formula is C48H38N2.